The quantitative estimate of drug-likeness (QED) is 0.677. The molecule has 1 aliphatic rings. The molecule has 2 aromatic carbocycles. The van der Waals surface area contributed by atoms with Gasteiger partial charge in [-0.25, -0.2) is 4.39 Å². The topological polar surface area (TPSA) is 66.5 Å². The van der Waals surface area contributed by atoms with Crippen molar-refractivity contribution in [1.82, 2.24) is 10.2 Å². The van der Waals surface area contributed by atoms with Crippen molar-refractivity contribution in [1.29, 1.82) is 0 Å². The fourth-order valence-corrected chi connectivity index (χ4v) is 3.03. The standard InChI is InChI=1S/C20H19FN2O3/c1-12(22-19(25)17-11-23(2)20(26)18(17)24)13-5-3-6-14(9-13)15-7-4-8-16(21)10-15/h3-10,12,17H,11H2,1-2H3,(H,22,25)/t12-,17?/m1/s1. The zero-order valence-electron chi connectivity index (χ0n) is 14.5. The van der Waals surface area contributed by atoms with Gasteiger partial charge in [-0.15, -0.1) is 0 Å². The molecule has 2 atom stereocenters. The summed E-state index contributed by atoms with van der Waals surface area (Å²) in [6, 6.07) is 13.3. The van der Waals surface area contributed by atoms with E-state index < -0.39 is 23.5 Å². The number of likely N-dealkylation sites (tertiary alicyclic amines) is 1. The van der Waals surface area contributed by atoms with Crippen molar-refractivity contribution in [3.05, 3.63) is 59.9 Å². The van der Waals surface area contributed by atoms with Crippen molar-refractivity contribution in [3.63, 3.8) is 0 Å². The molecule has 1 N–H and O–H groups in total. The summed E-state index contributed by atoms with van der Waals surface area (Å²) in [5.41, 5.74) is 2.39. The second kappa shape index (κ2) is 7.07. The van der Waals surface area contributed by atoms with Gasteiger partial charge in [0, 0.05) is 13.6 Å². The number of amides is 2. The van der Waals surface area contributed by atoms with E-state index in [9.17, 15) is 18.8 Å². The zero-order chi connectivity index (χ0) is 18.8. The van der Waals surface area contributed by atoms with Crippen molar-refractivity contribution in [2.75, 3.05) is 13.6 Å². The Bertz CT molecular complexity index is 881. The number of hydrogen-bond donors (Lipinski definition) is 1. The van der Waals surface area contributed by atoms with Gasteiger partial charge in [0.15, 0.2) is 0 Å². The molecule has 1 aliphatic heterocycles. The molecule has 0 spiro atoms. The normalized spacial score (nSPS) is 18.1. The predicted octanol–water partition coefficient (Wildman–Crippen LogP) is 2.33. The van der Waals surface area contributed by atoms with E-state index in [0.717, 1.165) is 16.7 Å². The molecule has 5 nitrogen and oxygen atoms in total. The lowest BCUT2D eigenvalue weighted by molar-refractivity contribution is -0.142. The maximum absolute atomic E-state index is 13.4. The molecule has 1 unspecified atom stereocenters. The summed E-state index contributed by atoms with van der Waals surface area (Å²) in [5, 5.41) is 2.79. The maximum Gasteiger partial charge on any atom is 0.290 e. The largest absolute Gasteiger partial charge is 0.349 e. The summed E-state index contributed by atoms with van der Waals surface area (Å²) in [6.07, 6.45) is 0. The van der Waals surface area contributed by atoms with E-state index in [0.29, 0.717) is 0 Å². The van der Waals surface area contributed by atoms with E-state index in [4.69, 9.17) is 0 Å². The van der Waals surface area contributed by atoms with Crippen molar-refractivity contribution in [2.45, 2.75) is 13.0 Å². The number of hydrogen-bond acceptors (Lipinski definition) is 3. The summed E-state index contributed by atoms with van der Waals surface area (Å²) in [6.45, 7) is 1.90. The number of rotatable bonds is 4. The first-order valence-electron chi connectivity index (χ1n) is 8.32. The Hall–Kier alpha value is -3.02. The van der Waals surface area contributed by atoms with Crippen LogP contribution in [-0.4, -0.2) is 36.1 Å². The Labute approximate surface area is 150 Å². The van der Waals surface area contributed by atoms with Crippen LogP contribution in [0.15, 0.2) is 48.5 Å². The molecule has 6 heteroatoms. The second-order valence-electron chi connectivity index (χ2n) is 6.47. The fourth-order valence-electron chi connectivity index (χ4n) is 3.03. The van der Waals surface area contributed by atoms with Crippen molar-refractivity contribution < 1.29 is 18.8 Å². The summed E-state index contributed by atoms with van der Waals surface area (Å²) in [7, 11) is 1.50. The third-order valence-corrected chi connectivity index (χ3v) is 4.55. The van der Waals surface area contributed by atoms with Crippen LogP contribution in [0.25, 0.3) is 11.1 Å². The van der Waals surface area contributed by atoms with Crippen molar-refractivity contribution >= 4 is 17.6 Å². The van der Waals surface area contributed by atoms with Gasteiger partial charge in [0.1, 0.15) is 11.7 Å². The van der Waals surface area contributed by atoms with Gasteiger partial charge >= 0.3 is 0 Å². The molecule has 0 radical (unpaired) electrons. The van der Waals surface area contributed by atoms with Gasteiger partial charge in [-0.05, 0) is 41.8 Å². The number of halogens is 1. The highest BCUT2D eigenvalue weighted by Gasteiger charge is 2.41. The smallest absolute Gasteiger partial charge is 0.290 e. The van der Waals surface area contributed by atoms with Gasteiger partial charge in [0.05, 0.1) is 6.04 Å². The third-order valence-electron chi connectivity index (χ3n) is 4.55. The molecule has 2 aromatic rings. The van der Waals surface area contributed by atoms with Gasteiger partial charge in [-0.3, -0.25) is 14.4 Å². The van der Waals surface area contributed by atoms with Crippen LogP contribution >= 0.6 is 0 Å². The van der Waals surface area contributed by atoms with Crippen LogP contribution < -0.4 is 5.32 Å². The fraction of sp³-hybridized carbons (Fsp3) is 0.250. The van der Waals surface area contributed by atoms with E-state index in [1.165, 1.54) is 24.1 Å². The summed E-state index contributed by atoms with van der Waals surface area (Å²) in [4.78, 5) is 37.1. The van der Waals surface area contributed by atoms with Gasteiger partial charge in [0.2, 0.25) is 11.7 Å². The van der Waals surface area contributed by atoms with Crippen LogP contribution in [0.1, 0.15) is 18.5 Å². The van der Waals surface area contributed by atoms with Crippen LogP contribution in [0.3, 0.4) is 0 Å². The number of Topliss-reactive ketones (excluding diaryl/α,β-unsaturated/α-hetero) is 1. The van der Waals surface area contributed by atoms with Crippen LogP contribution in [0, 0.1) is 11.7 Å². The van der Waals surface area contributed by atoms with E-state index >= 15 is 0 Å². The molecule has 134 valence electrons. The Morgan fingerprint density at radius 3 is 2.42 bits per heavy atom. The van der Waals surface area contributed by atoms with Gasteiger partial charge in [-0.1, -0.05) is 30.3 Å². The molecule has 0 aromatic heterocycles. The lowest BCUT2D eigenvalue weighted by atomic mass is 9.99. The average molecular weight is 354 g/mol. The molecule has 26 heavy (non-hydrogen) atoms. The molecular weight excluding hydrogens is 335 g/mol. The first-order chi connectivity index (χ1) is 12.4. The summed E-state index contributed by atoms with van der Waals surface area (Å²) >= 11 is 0. The van der Waals surface area contributed by atoms with Crippen LogP contribution in [0.4, 0.5) is 4.39 Å². The highest BCUT2D eigenvalue weighted by atomic mass is 19.1. The molecule has 1 fully saturated rings. The minimum Gasteiger partial charge on any atom is -0.349 e. The summed E-state index contributed by atoms with van der Waals surface area (Å²) < 4.78 is 13.4. The highest BCUT2D eigenvalue weighted by molar-refractivity contribution is 6.42. The molecule has 0 saturated carbocycles. The average Bonchev–Trinajstić information content (AvgIpc) is 2.89. The molecule has 1 heterocycles. The number of likely N-dealkylation sites (N-methyl/N-ethyl adjacent to an activating group) is 1. The number of nitrogens with zero attached hydrogens (tertiary/aromatic N) is 1. The Balaban J connectivity index is 1.75. The van der Waals surface area contributed by atoms with Crippen molar-refractivity contribution in [3.8, 4) is 11.1 Å². The molecule has 0 bridgehead atoms. The monoisotopic (exact) mass is 354 g/mol. The molecular formula is C20H19FN2O3. The van der Waals surface area contributed by atoms with Crippen molar-refractivity contribution in [2.24, 2.45) is 5.92 Å². The van der Waals surface area contributed by atoms with Crippen LogP contribution in [0.2, 0.25) is 0 Å². The number of benzene rings is 2. The molecule has 0 aliphatic carbocycles. The first kappa shape index (κ1) is 17.8. The summed E-state index contributed by atoms with van der Waals surface area (Å²) in [5.74, 6) is -3.06. The maximum atomic E-state index is 13.4. The zero-order valence-corrected chi connectivity index (χ0v) is 14.5. The van der Waals surface area contributed by atoms with E-state index in [-0.39, 0.29) is 18.4 Å². The Morgan fingerprint density at radius 2 is 1.81 bits per heavy atom. The van der Waals surface area contributed by atoms with E-state index in [2.05, 4.69) is 5.32 Å². The van der Waals surface area contributed by atoms with E-state index in [1.54, 1.807) is 13.0 Å². The van der Waals surface area contributed by atoms with Gasteiger partial charge < -0.3 is 10.2 Å². The number of ketones is 1. The Kier molecular flexibility index (Phi) is 4.84. The number of carbonyl (C=O) groups excluding carboxylic acids is 3. The minimum absolute atomic E-state index is 0.0968. The molecule has 3 rings (SSSR count). The SMILES string of the molecule is C[C@@H](NC(=O)C1CN(C)C(=O)C1=O)c1cccc(-c2cccc(F)c2)c1. The van der Waals surface area contributed by atoms with Gasteiger partial charge in [-0.2, -0.15) is 0 Å². The molecule has 2 amide bonds. The lowest BCUT2D eigenvalue weighted by Crippen LogP contribution is -2.37. The third kappa shape index (κ3) is 3.49. The molecule has 1 saturated heterocycles. The van der Waals surface area contributed by atoms with Crippen LogP contribution in [0.5, 0.6) is 0 Å². The first-order valence-corrected chi connectivity index (χ1v) is 8.32. The number of carbonyl (C=O) groups is 3. The van der Waals surface area contributed by atoms with E-state index in [1.807, 2.05) is 30.3 Å². The van der Waals surface area contributed by atoms with Gasteiger partial charge in [0.25, 0.3) is 5.91 Å². The lowest BCUT2D eigenvalue weighted by Gasteiger charge is -2.17. The number of nitrogens with one attached hydrogen (secondary N) is 1. The Morgan fingerprint density at radius 1 is 1.15 bits per heavy atom. The minimum atomic E-state index is -0.971. The second-order valence-corrected chi connectivity index (χ2v) is 6.47. The van der Waals surface area contributed by atoms with Crippen LogP contribution in [-0.2, 0) is 14.4 Å². The predicted molar refractivity (Wildman–Crippen MR) is 94.5 cm³/mol. The highest BCUT2D eigenvalue weighted by Crippen LogP contribution is 2.24.